The predicted molar refractivity (Wildman–Crippen MR) is 122 cm³/mol. The third-order valence-electron chi connectivity index (χ3n) is 5.69. The van der Waals surface area contributed by atoms with Crippen molar-refractivity contribution < 1.29 is 23.7 Å². The van der Waals surface area contributed by atoms with Gasteiger partial charge < -0.3 is 23.8 Å². The minimum absolute atomic E-state index is 0.161. The SMILES string of the molecule is CCN(CC)CCN(C(=O)[C@H]1COc2ccccc2O1)c1nc2cc3c(cc2s1)OCO3. The molecule has 3 heterocycles. The fourth-order valence-corrected chi connectivity index (χ4v) is 4.83. The van der Waals surface area contributed by atoms with E-state index in [0.29, 0.717) is 34.7 Å². The van der Waals surface area contributed by atoms with E-state index in [1.54, 1.807) is 4.90 Å². The highest BCUT2D eigenvalue weighted by atomic mass is 32.1. The summed E-state index contributed by atoms with van der Waals surface area (Å²) in [6.07, 6.45) is -0.731. The van der Waals surface area contributed by atoms with Crippen molar-refractivity contribution in [3.8, 4) is 23.0 Å². The molecule has 5 rings (SSSR count). The normalized spacial score (nSPS) is 16.5. The first kappa shape index (κ1) is 20.8. The number of anilines is 1. The van der Waals surface area contributed by atoms with Crippen LogP contribution in [-0.2, 0) is 4.79 Å². The van der Waals surface area contributed by atoms with Gasteiger partial charge in [-0.05, 0) is 25.2 Å². The fraction of sp³-hybridized carbons (Fsp3) is 0.391. The Bertz CT molecular complexity index is 1090. The Kier molecular flexibility index (Phi) is 5.75. The van der Waals surface area contributed by atoms with Crippen molar-refractivity contribution >= 4 is 32.6 Å². The van der Waals surface area contributed by atoms with Crippen LogP contribution in [0.4, 0.5) is 5.13 Å². The Morgan fingerprint density at radius 1 is 1.03 bits per heavy atom. The number of ether oxygens (including phenoxy) is 4. The summed E-state index contributed by atoms with van der Waals surface area (Å²) < 4.78 is 23.7. The average Bonchev–Trinajstić information content (AvgIpc) is 3.45. The van der Waals surface area contributed by atoms with Crippen LogP contribution >= 0.6 is 11.3 Å². The molecule has 0 N–H and O–H groups in total. The van der Waals surface area contributed by atoms with Gasteiger partial charge in [0.25, 0.3) is 5.91 Å². The Hall–Kier alpha value is -3.04. The van der Waals surface area contributed by atoms with Crippen LogP contribution in [0.15, 0.2) is 36.4 Å². The lowest BCUT2D eigenvalue weighted by Gasteiger charge is -2.30. The minimum atomic E-state index is -0.731. The van der Waals surface area contributed by atoms with Crippen molar-refractivity contribution in [2.75, 3.05) is 44.5 Å². The highest BCUT2D eigenvalue weighted by Gasteiger charge is 2.33. The van der Waals surface area contributed by atoms with Gasteiger partial charge in [-0.3, -0.25) is 9.69 Å². The maximum atomic E-state index is 13.6. The van der Waals surface area contributed by atoms with E-state index in [1.165, 1.54) is 11.3 Å². The molecule has 0 radical (unpaired) electrons. The maximum absolute atomic E-state index is 13.6. The summed E-state index contributed by atoms with van der Waals surface area (Å²) in [4.78, 5) is 22.3. The fourth-order valence-electron chi connectivity index (χ4n) is 3.82. The van der Waals surface area contributed by atoms with Crippen LogP contribution < -0.4 is 23.8 Å². The number of amides is 1. The molecule has 0 fully saturated rings. The zero-order valence-electron chi connectivity index (χ0n) is 18.1. The van der Waals surface area contributed by atoms with E-state index in [0.717, 1.165) is 29.9 Å². The van der Waals surface area contributed by atoms with Gasteiger partial charge in [-0.1, -0.05) is 37.3 Å². The summed E-state index contributed by atoms with van der Waals surface area (Å²) in [7, 11) is 0. The number of thiazole rings is 1. The molecule has 32 heavy (non-hydrogen) atoms. The number of fused-ring (bicyclic) bond motifs is 3. The molecule has 9 heteroatoms. The van der Waals surface area contributed by atoms with Gasteiger partial charge >= 0.3 is 0 Å². The number of hydrogen-bond donors (Lipinski definition) is 0. The zero-order valence-corrected chi connectivity index (χ0v) is 18.9. The molecule has 2 aromatic carbocycles. The van der Waals surface area contributed by atoms with E-state index in [4.69, 9.17) is 23.9 Å². The van der Waals surface area contributed by atoms with E-state index in [2.05, 4.69) is 18.7 Å². The van der Waals surface area contributed by atoms with Crippen molar-refractivity contribution in [1.29, 1.82) is 0 Å². The molecule has 0 bridgehead atoms. The molecule has 1 atom stereocenters. The second-order valence-electron chi connectivity index (χ2n) is 7.55. The molecule has 168 valence electrons. The topological polar surface area (TPSA) is 73.4 Å². The summed E-state index contributed by atoms with van der Waals surface area (Å²) in [5, 5.41) is 0.628. The Morgan fingerprint density at radius 2 is 1.78 bits per heavy atom. The average molecular weight is 456 g/mol. The summed E-state index contributed by atoms with van der Waals surface area (Å²) in [5.41, 5.74) is 0.779. The van der Waals surface area contributed by atoms with Gasteiger partial charge in [0, 0.05) is 25.2 Å². The molecule has 2 aliphatic rings. The summed E-state index contributed by atoms with van der Waals surface area (Å²) in [5.74, 6) is 2.45. The van der Waals surface area contributed by atoms with Crippen LogP contribution in [0.5, 0.6) is 23.0 Å². The number of carbonyl (C=O) groups excluding carboxylic acids is 1. The summed E-state index contributed by atoms with van der Waals surface area (Å²) in [6, 6.07) is 11.2. The minimum Gasteiger partial charge on any atom is -0.485 e. The van der Waals surface area contributed by atoms with Crippen LogP contribution in [0.25, 0.3) is 10.2 Å². The number of hydrogen-bond acceptors (Lipinski definition) is 8. The zero-order chi connectivity index (χ0) is 22.1. The third kappa shape index (κ3) is 3.93. The number of nitrogens with zero attached hydrogens (tertiary/aromatic N) is 3. The van der Waals surface area contributed by atoms with E-state index in [-0.39, 0.29) is 19.3 Å². The molecule has 0 spiro atoms. The lowest BCUT2D eigenvalue weighted by molar-refractivity contribution is -0.127. The van der Waals surface area contributed by atoms with Gasteiger partial charge in [-0.2, -0.15) is 0 Å². The van der Waals surface area contributed by atoms with Crippen molar-refractivity contribution in [2.45, 2.75) is 20.0 Å². The van der Waals surface area contributed by atoms with Crippen molar-refractivity contribution in [1.82, 2.24) is 9.88 Å². The second kappa shape index (κ2) is 8.84. The van der Waals surface area contributed by atoms with Crippen LogP contribution in [-0.4, -0.2) is 61.5 Å². The van der Waals surface area contributed by atoms with Gasteiger partial charge in [0.2, 0.25) is 12.9 Å². The molecular formula is C23H25N3O5S. The summed E-state index contributed by atoms with van der Waals surface area (Å²) in [6.45, 7) is 7.68. The van der Waals surface area contributed by atoms with Crippen molar-refractivity contribution in [3.05, 3.63) is 36.4 Å². The van der Waals surface area contributed by atoms with Gasteiger partial charge in [0.05, 0.1) is 10.2 Å². The van der Waals surface area contributed by atoms with Crippen molar-refractivity contribution in [3.63, 3.8) is 0 Å². The monoisotopic (exact) mass is 455 g/mol. The molecule has 0 saturated carbocycles. The number of rotatable bonds is 7. The summed E-state index contributed by atoms with van der Waals surface area (Å²) >= 11 is 1.46. The van der Waals surface area contributed by atoms with Gasteiger partial charge in [-0.25, -0.2) is 4.98 Å². The van der Waals surface area contributed by atoms with E-state index in [9.17, 15) is 4.79 Å². The molecule has 0 unspecified atom stereocenters. The second-order valence-corrected chi connectivity index (χ2v) is 8.56. The van der Waals surface area contributed by atoms with Crippen molar-refractivity contribution in [2.24, 2.45) is 0 Å². The predicted octanol–water partition coefficient (Wildman–Crippen LogP) is 3.54. The highest BCUT2D eigenvalue weighted by Crippen LogP contribution is 2.40. The van der Waals surface area contributed by atoms with Crippen LogP contribution in [0.2, 0.25) is 0 Å². The molecule has 1 aromatic heterocycles. The lowest BCUT2D eigenvalue weighted by atomic mass is 10.2. The van der Waals surface area contributed by atoms with Gasteiger partial charge in [0.15, 0.2) is 28.1 Å². The number of benzene rings is 2. The number of para-hydroxylation sites is 2. The highest BCUT2D eigenvalue weighted by molar-refractivity contribution is 7.22. The van der Waals surface area contributed by atoms with E-state index < -0.39 is 6.10 Å². The molecule has 3 aromatic rings. The molecule has 1 amide bonds. The standard InChI is InChI=1S/C23H25N3O5S/c1-3-25(4-2)9-10-26(22(27)20-13-28-16-7-5-6-8-17(16)31-20)23-24-15-11-18-19(30-14-29-18)12-21(15)32-23/h5-8,11-12,20H,3-4,9-10,13-14H2,1-2H3/t20-/m1/s1. The van der Waals surface area contributed by atoms with Crippen LogP contribution in [0.1, 0.15) is 13.8 Å². The van der Waals surface area contributed by atoms with Crippen LogP contribution in [0.3, 0.4) is 0 Å². The Labute approximate surface area is 190 Å². The first-order valence-corrected chi connectivity index (χ1v) is 11.6. The Morgan fingerprint density at radius 3 is 2.56 bits per heavy atom. The molecule has 8 nitrogen and oxygen atoms in total. The number of likely N-dealkylation sites (N-methyl/N-ethyl adjacent to an activating group) is 1. The Balaban J connectivity index is 1.44. The maximum Gasteiger partial charge on any atom is 0.273 e. The molecular weight excluding hydrogens is 430 g/mol. The van der Waals surface area contributed by atoms with Crippen LogP contribution in [0, 0.1) is 0 Å². The van der Waals surface area contributed by atoms with E-state index in [1.807, 2.05) is 36.4 Å². The quantitative estimate of drug-likeness (QED) is 0.540. The lowest BCUT2D eigenvalue weighted by Crippen LogP contribution is -2.48. The third-order valence-corrected chi connectivity index (χ3v) is 6.73. The molecule has 0 saturated heterocycles. The first-order valence-electron chi connectivity index (χ1n) is 10.8. The number of carbonyl (C=O) groups is 1. The first-order chi connectivity index (χ1) is 15.7. The molecule has 2 aliphatic heterocycles. The van der Waals surface area contributed by atoms with Gasteiger partial charge in [-0.15, -0.1) is 0 Å². The smallest absolute Gasteiger partial charge is 0.273 e. The largest absolute Gasteiger partial charge is 0.485 e. The van der Waals surface area contributed by atoms with E-state index >= 15 is 0 Å². The molecule has 0 aliphatic carbocycles. The number of aromatic nitrogens is 1. The van der Waals surface area contributed by atoms with Gasteiger partial charge in [0.1, 0.15) is 6.61 Å².